The van der Waals surface area contributed by atoms with Gasteiger partial charge in [0.25, 0.3) is 5.91 Å². The summed E-state index contributed by atoms with van der Waals surface area (Å²) in [7, 11) is 1.54. The number of carbonyl (C=O) groups excluding carboxylic acids is 2. The van der Waals surface area contributed by atoms with Gasteiger partial charge in [0.15, 0.2) is 0 Å². The van der Waals surface area contributed by atoms with Crippen LogP contribution in [0.1, 0.15) is 21.8 Å². The van der Waals surface area contributed by atoms with Crippen LogP contribution in [0.25, 0.3) is 0 Å². The molecule has 0 aromatic heterocycles. The highest BCUT2D eigenvalue weighted by atomic mass is 35.5. The van der Waals surface area contributed by atoms with E-state index in [1.165, 1.54) is 48.3 Å². The van der Waals surface area contributed by atoms with Crippen molar-refractivity contribution in [2.45, 2.75) is 10.3 Å². The molecule has 0 spiro atoms. The Kier molecular flexibility index (Phi) is 7.05. The third-order valence-electron chi connectivity index (χ3n) is 5.56. The zero-order valence-electron chi connectivity index (χ0n) is 17.5. The summed E-state index contributed by atoms with van der Waals surface area (Å²) in [5, 5.41) is 3.75. The Morgan fingerprint density at radius 2 is 1.56 bits per heavy atom. The summed E-state index contributed by atoms with van der Waals surface area (Å²) >= 11 is 31.2. The van der Waals surface area contributed by atoms with Crippen LogP contribution in [-0.2, 0) is 4.79 Å². The van der Waals surface area contributed by atoms with Crippen molar-refractivity contribution in [3.05, 3.63) is 92.7 Å². The molecule has 176 valence electrons. The maximum Gasteiger partial charge on any atom is 0.259 e. The van der Waals surface area contributed by atoms with Gasteiger partial charge in [0.2, 0.25) is 5.91 Å². The van der Waals surface area contributed by atoms with E-state index in [4.69, 9.17) is 58.0 Å². The molecular formula is C24H16Cl5FN2O2. The second-order valence-corrected chi connectivity index (χ2v) is 10.6. The zero-order chi connectivity index (χ0) is 24.8. The monoisotopic (exact) mass is 558 g/mol. The molecule has 1 aliphatic carbocycles. The number of alkyl halides is 2. The standard InChI is InChI=1S/C24H16Cl5FN2O2/c1-32(17-5-2-15(30)3-6-17)23(34)18-11-16(4-7-19(18)27)31-22(33)21-20(24(21,28)29)12-8-13(25)10-14(26)9-12/h2-11,20-21H,1H3,(H,31,33)/t20?,21-/m0/s1. The molecule has 0 bridgehead atoms. The number of hydrogen-bond acceptors (Lipinski definition) is 2. The van der Waals surface area contributed by atoms with Gasteiger partial charge in [-0.1, -0.05) is 34.8 Å². The molecule has 10 heteroatoms. The Morgan fingerprint density at radius 3 is 2.18 bits per heavy atom. The van der Waals surface area contributed by atoms with E-state index in [2.05, 4.69) is 5.32 Å². The van der Waals surface area contributed by atoms with E-state index in [1.54, 1.807) is 24.3 Å². The number of carbonyl (C=O) groups is 2. The average molecular weight is 561 g/mol. The number of amides is 2. The van der Waals surface area contributed by atoms with Crippen molar-refractivity contribution < 1.29 is 14.0 Å². The summed E-state index contributed by atoms with van der Waals surface area (Å²) < 4.78 is 11.9. The molecule has 0 heterocycles. The molecule has 3 aromatic rings. The molecule has 1 aliphatic rings. The average Bonchev–Trinajstić information content (AvgIpc) is 3.36. The molecule has 4 rings (SSSR count). The van der Waals surface area contributed by atoms with Gasteiger partial charge >= 0.3 is 0 Å². The predicted molar refractivity (Wildman–Crippen MR) is 136 cm³/mol. The van der Waals surface area contributed by atoms with Crippen LogP contribution < -0.4 is 10.2 Å². The minimum atomic E-state index is -1.34. The quantitative estimate of drug-likeness (QED) is 0.327. The molecule has 0 radical (unpaired) electrons. The molecule has 1 saturated carbocycles. The van der Waals surface area contributed by atoms with Crippen molar-refractivity contribution in [3.8, 4) is 0 Å². The maximum atomic E-state index is 13.2. The highest BCUT2D eigenvalue weighted by Crippen LogP contribution is 2.65. The number of halogens is 6. The minimum Gasteiger partial charge on any atom is -0.326 e. The summed E-state index contributed by atoms with van der Waals surface area (Å²) in [6.45, 7) is 0. The molecule has 2 atom stereocenters. The molecule has 1 N–H and O–H groups in total. The Balaban J connectivity index is 1.53. The summed E-state index contributed by atoms with van der Waals surface area (Å²) in [6, 6.07) is 14.9. The van der Waals surface area contributed by atoms with Crippen LogP contribution in [0.3, 0.4) is 0 Å². The highest BCUT2D eigenvalue weighted by molar-refractivity contribution is 6.53. The van der Waals surface area contributed by atoms with Gasteiger partial charge in [0.1, 0.15) is 10.2 Å². The van der Waals surface area contributed by atoms with Crippen LogP contribution in [-0.4, -0.2) is 23.2 Å². The maximum absolute atomic E-state index is 13.2. The summed E-state index contributed by atoms with van der Waals surface area (Å²) in [5.74, 6) is -2.55. The van der Waals surface area contributed by atoms with Crippen molar-refractivity contribution >= 4 is 81.2 Å². The number of nitrogens with zero attached hydrogens (tertiary/aromatic N) is 1. The van der Waals surface area contributed by atoms with E-state index in [-0.39, 0.29) is 10.6 Å². The molecule has 0 aliphatic heterocycles. The zero-order valence-corrected chi connectivity index (χ0v) is 21.2. The largest absolute Gasteiger partial charge is 0.326 e. The van der Waals surface area contributed by atoms with Gasteiger partial charge in [-0.05, 0) is 66.2 Å². The van der Waals surface area contributed by atoms with Crippen molar-refractivity contribution in [1.29, 1.82) is 0 Å². The smallest absolute Gasteiger partial charge is 0.259 e. The summed E-state index contributed by atoms with van der Waals surface area (Å²) in [5.41, 5.74) is 1.62. The van der Waals surface area contributed by atoms with Crippen LogP contribution >= 0.6 is 58.0 Å². The van der Waals surface area contributed by atoms with Gasteiger partial charge in [0.05, 0.1) is 16.5 Å². The predicted octanol–water partition coefficient (Wildman–Crippen LogP) is 7.59. The molecular weight excluding hydrogens is 545 g/mol. The lowest BCUT2D eigenvalue weighted by Crippen LogP contribution is -2.26. The molecule has 4 nitrogen and oxygen atoms in total. The lowest BCUT2D eigenvalue weighted by Gasteiger charge is -2.18. The van der Waals surface area contributed by atoms with Gasteiger partial charge in [-0.2, -0.15) is 0 Å². The van der Waals surface area contributed by atoms with E-state index < -0.39 is 33.8 Å². The van der Waals surface area contributed by atoms with Gasteiger partial charge in [-0.15, -0.1) is 23.2 Å². The topological polar surface area (TPSA) is 49.4 Å². The third-order valence-corrected chi connectivity index (χ3v) is 7.27. The van der Waals surface area contributed by atoms with Crippen LogP contribution in [0.4, 0.5) is 15.8 Å². The number of benzene rings is 3. The van der Waals surface area contributed by atoms with Crippen LogP contribution in [0.15, 0.2) is 60.7 Å². The lowest BCUT2D eigenvalue weighted by molar-refractivity contribution is -0.117. The second-order valence-electron chi connectivity index (χ2n) is 7.86. The van der Waals surface area contributed by atoms with E-state index in [1.807, 2.05) is 0 Å². The lowest BCUT2D eigenvalue weighted by atomic mass is 10.1. The van der Waals surface area contributed by atoms with Crippen molar-refractivity contribution in [2.24, 2.45) is 5.92 Å². The molecule has 34 heavy (non-hydrogen) atoms. The molecule has 0 saturated heterocycles. The number of hydrogen-bond donors (Lipinski definition) is 1. The van der Waals surface area contributed by atoms with E-state index >= 15 is 0 Å². The van der Waals surface area contributed by atoms with Gasteiger partial charge in [0, 0.05) is 34.4 Å². The minimum absolute atomic E-state index is 0.156. The first-order chi connectivity index (χ1) is 16.0. The van der Waals surface area contributed by atoms with Gasteiger partial charge in [-0.3, -0.25) is 9.59 Å². The van der Waals surface area contributed by atoms with Crippen molar-refractivity contribution in [3.63, 3.8) is 0 Å². The van der Waals surface area contributed by atoms with Crippen molar-refractivity contribution in [2.75, 3.05) is 17.3 Å². The fourth-order valence-corrected chi connectivity index (χ4v) is 5.34. The third kappa shape index (κ3) is 5.00. The Morgan fingerprint density at radius 1 is 0.941 bits per heavy atom. The molecule has 3 aromatic carbocycles. The van der Waals surface area contributed by atoms with E-state index in [9.17, 15) is 14.0 Å². The summed E-state index contributed by atoms with van der Waals surface area (Å²) in [6.07, 6.45) is 0. The normalized spacial score (nSPS) is 18.3. The van der Waals surface area contributed by atoms with E-state index in [0.29, 0.717) is 27.0 Å². The Bertz CT molecular complexity index is 1260. The van der Waals surface area contributed by atoms with Gasteiger partial charge in [-0.25, -0.2) is 4.39 Å². The fraction of sp³-hybridized carbons (Fsp3) is 0.167. The molecule has 1 fully saturated rings. The number of anilines is 2. The number of nitrogens with one attached hydrogen (secondary N) is 1. The second kappa shape index (κ2) is 9.56. The van der Waals surface area contributed by atoms with E-state index in [0.717, 1.165) is 0 Å². The fourth-order valence-electron chi connectivity index (χ4n) is 3.77. The van der Waals surface area contributed by atoms with Crippen LogP contribution in [0, 0.1) is 11.7 Å². The van der Waals surface area contributed by atoms with Crippen molar-refractivity contribution in [1.82, 2.24) is 0 Å². The first-order valence-electron chi connectivity index (χ1n) is 9.97. The Labute approximate surface area is 220 Å². The SMILES string of the molecule is CN(C(=O)c1cc(NC(=O)[C@@H]2C(c3cc(Cl)cc(Cl)c3)C2(Cl)Cl)ccc1Cl)c1ccc(F)cc1. The summed E-state index contributed by atoms with van der Waals surface area (Å²) in [4.78, 5) is 27.3. The first-order valence-corrected chi connectivity index (χ1v) is 11.9. The van der Waals surface area contributed by atoms with Crippen LogP contribution in [0.5, 0.6) is 0 Å². The highest BCUT2D eigenvalue weighted by Gasteiger charge is 2.67. The first kappa shape index (κ1) is 25.1. The number of rotatable bonds is 5. The molecule has 1 unspecified atom stereocenters. The van der Waals surface area contributed by atoms with Crippen LogP contribution in [0.2, 0.25) is 15.1 Å². The van der Waals surface area contributed by atoms with Gasteiger partial charge < -0.3 is 10.2 Å². The molecule has 2 amide bonds. The Hall–Kier alpha value is -2.02.